The van der Waals surface area contributed by atoms with Crippen molar-refractivity contribution in [1.82, 2.24) is 23.8 Å². The zero-order valence-corrected chi connectivity index (χ0v) is 20.0. The van der Waals surface area contributed by atoms with Crippen molar-refractivity contribution >= 4 is 38.6 Å². The molecule has 3 aromatic rings. The Morgan fingerprint density at radius 3 is 2.69 bits per heavy atom. The lowest BCUT2D eigenvalue weighted by atomic mass is 10.0. The van der Waals surface area contributed by atoms with Crippen LogP contribution in [-0.4, -0.2) is 68.8 Å². The van der Waals surface area contributed by atoms with Crippen molar-refractivity contribution in [1.29, 1.82) is 0 Å². The topological polar surface area (TPSA) is 113 Å². The third kappa shape index (κ3) is 4.45. The van der Waals surface area contributed by atoms with E-state index in [1.165, 1.54) is 10.5 Å². The Bertz CT molecular complexity index is 1260. The maximum atomic E-state index is 11.7. The number of aliphatic hydroxyl groups excluding tert-OH is 1. The number of aliphatic hydroxyl groups is 1. The first-order valence-electron chi connectivity index (χ1n) is 10.5. The Morgan fingerprint density at radius 2 is 2.03 bits per heavy atom. The first-order valence-corrected chi connectivity index (χ1v) is 12.7. The number of nitrogens with one attached hydrogen (secondary N) is 1. The maximum Gasteiger partial charge on any atom is 0.223 e. The van der Waals surface area contributed by atoms with Crippen LogP contribution in [0.1, 0.15) is 32.1 Å². The van der Waals surface area contributed by atoms with Crippen molar-refractivity contribution in [3.63, 3.8) is 0 Å². The number of aromatic nitrogens is 4. The van der Waals surface area contributed by atoms with Crippen molar-refractivity contribution in [2.24, 2.45) is 0 Å². The number of fused-ring (bicyclic) bond motifs is 1. The smallest absolute Gasteiger partial charge is 0.223 e. The van der Waals surface area contributed by atoms with Gasteiger partial charge in [-0.2, -0.15) is 4.31 Å². The lowest BCUT2D eigenvalue weighted by Crippen LogP contribution is -2.51. The van der Waals surface area contributed by atoms with Crippen LogP contribution in [0, 0.1) is 6.92 Å². The molecular weight excluding hydrogens is 452 g/mol. The van der Waals surface area contributed by atoms with Gasteiger partial charge in [0.2, 0.25) is 16.0 Å². The summed E-state index contributed by atoms with van der Waals surface area (Å²) >= 11 is 6.43. The molecule has 0 radical (unpaired) electrons. The highest BCUT2D eigenvalue weighted by molar-refractivity contribution is 7.88. The summed E-state index contributed by atoms with van der Waals surface area (Å²) in [4.78, 5) is 13.5. The van der Waals surface area contributed by atoms with Gasteiger partial charge in [0.05, 0.1) is 46.3 Å². The molecule has 172 valence electrons. The summed E-state index contributed by atoms with van der Waals surface area (Å²) in [6.45, 7) is 6.57. The molecule has 9 nitrogen and oxygen atoms in total. The van der Waals surface area contributed by atoms with Crippen molar-refractivity contribution < 1.29 is 13.5 Å². The van der Waals surface area contributed by atoms with Crippen molar-refractivity contribution in [3.8, 4) is 11.3 Å². The number of imidazole rings is 1. The predicted molar refractivity (Wildman–Crippen MR) is 125 cm³/mol. The maximum absolute atomic E-state index is 11.7. The van der Waals surface area contributed by atoms with Crippen LogP contribution < -0.4 is 5.32 Å². The molecule has 1 saturated heterocycles. The van der Waals surface area contributed by atoms with Crippen LogP contribution in [0.4, 0.5) is 5.95 Å². The second-order valence-electron chi connectivity index (χ2n) is 8.44. The van der Waals surface area contributed by atoms with Gasteiger partial charge in [0.15, 0.2) is 0 Å². The molecule has 2 N–H and O–H groups in total. The molecule has 2 atom stereocenters. The Morgan fingerprint density at radius 1 is 1.28 bits per heavy atom. The summed E-state index contributed by atoms with van der Waals surface area (Å²) in [7, 11) is -3.34. The Kier molecular flexibility index (Phi) is 6.15. The summed E-state index contributed by atoms with van der Waals surface area (Å²) < 4.78 is 26.9. The van der Waals surface area contributed by atoms with Gasteiger partial charge in [0.1, 0.15) is 5.82 Å². The summed E-state index contributed by atoms with van der Waals surface area (Å²) in [5.74, 6) is 1.27. The minimum atomic E-state index is -3.34. The minimum Gasteiger partial charge on any atom is -0.390 e. The number of benzene rings is 1. The van der Waals surface area contributed by atoms with Gasteiger partial charge in [-0.15, -0.1) is 0 Å². The molecule has 11 heteroatoms. The number of hydrogen-bond donors (Lipinski definition) is 2. The van der Waals surface area contributed by atoms with Gasteiger partial charge in [-0.05, 0) is 39.3 Å². The molecule has 0 aliphatic carbocycles. The number of aryl methyl sites for hydroxylation is 1. The molecule has 2 aromatic heterocycles. The molecule has 0 unspecified atom stereocenters. The molecule has 32 heavy (non-hydrogen) atoms. The summed E-state index contributed by atoms with van der Waals surface area (Å²) in [5.41, 5.74) is 3.32. The molecule has 1 aliphatic heterocycles. The van der Waals surface area contributed by atoms with E-state index in [0.717, 1.165) is 28.7 Å². The van der Waals surface area contributed by atoms with E-state index in [1.807, 2.05) is 25.1 Å². The standard InChI is InChI=1S/C21H27ClN6O3S/c1-12(2)28-13(3)24-16-6-5-14(9-18(16)28)20-15(22)10-23-21(26-20)25-17-7-8-27(11-19(17)29)32(4,30)31/h5-6,9-10,12,17,19,29H,7-8,11H2,1-4H3,(H,23,25,26)/t17-,19-/m1/s1. The normalized spacial score (nSPS) is 20.2. The lowest BCUT2D eigenvalue weighted by Gasteiger charge is -2.34. The molecule has 0 amide bonds. The van der Waals surface area contributed by atoms with Crippen LogP contribution in [-0.2, 0) is 10.0 Å². The molecule has 0 bridgehead atoms. The number of nitrogens with zero attached hydrogens (tertiary/aromatic N) is 5. The SMILES string of the molecule is Cc1nc2ccc(-c3nc(N[C@@H]4CCN(S(C)(=O)=O)C[C@H]4O)ncc3Cl)cc2n1C(C)C. The van der Waals surface area contributed by atoms with Gasteiger partial charge in [-0.25, -0.2) is 23.4 Å². The van der Waals surface area contributed by atoms with Gasteiger partial charge in [0.25, 0.3) is 0 Å². The molecule has 0 spiro atoms. The number of halogens is 1. The fraction of sp³-hybridized carbons (Fsp3) is 0.476. The number of β-amino-alcohol motifs (C(OH)–C–C–N with tert-alkyl or cyclic N) is 1. The Balaban J connectivity index is 1.62. The van der Waals surface area contributed by atoms with E-state index in [9.17, 15) is 13.5 Å². The second-order valence-corrected chi connectivity index (χ2v) is 10.8. The first-order chi connectivity index (χ1) is 15.0. The highest BCUT2D eigenvalue weighted by Crippen LogP contribution is 2.31. The van der Waals surface area contributed by atoms with Crippen LogP contribution in [0.5, 0.6) is 0 Å². The molecule has 0 saturated carbocycles. The van der Waals surface area contributed by atoms with E-state index < -0.39 is 16.1 Å². The first kappa shape index (κ1) is 22.9. The van der Waals surface area contributed by atoms with E-state index in [0.29, 0.717) is 29.6 Å². The zero-order valence-electron chi connectivity index (χ0n) is 18.4. The van der Waals surface area contributed by atoms with Crippen LogP contribution in [0.3, 0.4) is 0 Å². The van der Waals surface area contributed by atoms with Crippen molar-refractivity contribution in [2.45, 2.75) is 45.4 Å². The van der Waals surface area contributed by atoms with E-state index in [2.05, 4.69) is 38.7 Å². The molecule has 3 heterocycles. The third-order valence-corrected chi connectivity index (χ3v) is 7.27. The number of rotatable bonds is 5. The minimum absolute atomic E-state index is 0.0339. The molecule has 4 rings (SSSR count). The van der Waals surface area contributed by atoms with Gasteiger partial charge in [-0.3, -0.25) is 0 Å². The van der Waals surface area contributed by atoms with Crippen LogP contribution >= 0.6 is 11.6 Å². The molecule has 1 aromatic carbocycles. The van der Waals surface area contributed by atoms with Gasteiger partial charge in [-0.1, -0.05) is 17.7 Å². The summed E-state index contributed by atoms with van der Waals surface area (Å²) in [6.07, 6.45) is 2.24. The number of piperidine rings is 1. The monoisotopic (exact) mass is 478 g/mol. The number of hydrogen-bond acceptors (Lipinski definition) is 7. The summed E-state index contributed by atoms with van der Waals surface area (Å²) in [6, 6.07) is 5.79. The Labute approximate surface area is 192 Å². The largest absolute Gasteiger partial charge is 0.390 e. The lowest BCUT2D eigenvalue weighted by molar-refractivity contribution is 0.0950. The fourth-order valence-electron chi connectivity index (χ4n) is 4.19. The molecule has 1 fully saturated rings. The average Bonchev–Trinajstić information content (AvgIpc) is 3.05. The van der Waals surface area contributed by atoms with E-state index in [4.69, 9.17) is 11.6 Å². The van der Waals surface area contributed by atoms with E-state index in [-0.39, 0.29) is 18.6 Å². The highest BCUT2D eigenvalue weighted by atomic mass is 35.5. The quantitative estimate of drug-likeness (QED) is 0.579. The highest BCUT2D eigenvalue weighted by Gasteiger charge is 2.32. The average molecular weight is 479 g/mol. The van der Waals surface area contributed by atoms with Crippen LogP contribution in [0.15, 0.2) is 24.4 Å². The number of anilines is 1. The van der Waals surface area contributed by atoms with E-state index >= 15 is 0 Å². The Hall–Kier alpha value is -2.27. The van der Waals surface area contributed by atoms with E-state index in [1.54, 1.807) is 0 Å². The predicted octanol–water partition coefficient (Wildman–Crippen LogP) is 2.84. The van der Waals surface area contributed by atoms with Gasteiger partial charge in [0, 0.05) is 24.7 Å². The van der Waals surface area contributed by atoms with Gasteiger partial charge >= 0.3 is 0 Å². The van der Waals surface area contributed by atoms with Crippen molar-refractivity contribution in [2.75, 3.05) is 24.7 Å². The van der Waals surface area contributed by atoms with Gasteiger partial charge < -0.3 is 15.0 Å². The van der Waals surface area contributed by atoms with Crippen LogP contribution in [0.2, 0.25) is 5.02 Å². The second kappa shape index (κ2) is 8.58. The molecular formula is C21H27ClN6O3S. The van der Waals surface area contributed by atoms with Crippen LogP contribution in [0.25, 0.3) is 22.3 Å². The zero-order chi connectivity index (χ0) is 23.2. The molecule has 1 aliphatic rings. The third-order valence-electron chi connectivity index (χ3n) is 5.73. The fourth-order valence-corrected chi connectivity index (χ4v) is 5.25. The van der Waals surface area contributed by atoms with Crippen molar-refractivity contribution in [3.05, 3.63) is 35.2 Å². The number of sulfonamides is 1. The summed E-state index contributed by atoms with van der Waals surface area (Å²) in [5, 5.41) is 14.0.